The standard InChI is InChI=1S/C13H18O5/c1-8(2)11(16)18-12(17)9(3)6-10(15)13(4,5)7-14/h14-15H,1,7H2,2-5H3. The maximum absolute atomic E-state index is 11.4. The van der Waals surface area contributed by atoms with Crippen molar-refractivity contribution < 1.29 is 24.5 Å². The van der Waals surface area contributed by atoms with Crippen molar-refractivity contribution in [3.05, 3.63) is 29.2 Å². The van der Waals surface area contributed by atoms with Crippen LogP contribution in [0.15, 0.2) is 29.2 Å². The number of hydrogen-bond donors (Lipinski definition) is 2. The molecule has 0 amide bonds. The van der Waals surface area contributed by atoms with Gasteiger partial charge in [0.2, 0.25) is 0 Å². The number of hydrogen-bond acceptors (Lipinski definition) is 5. The van der Waals surface area contributed by atoms with Crippen LogP contribution < -0.4 is 0 Å². The Bertz CT molecular complexity index is 436. The Balaban J connectivity index is 5.10. The van der Waals surface area contributed by atoms with Crippen LogP contribution >= 0.6 is 0 Å². The Morgan fingerprint density at radius 1 is 1.28 bits per heavy atom. The molecule has 0 spiro atoms. The molecule has 0 saturated carbocycles. The molecular formula is C13H18O5. The summed E-state index contributed by atoms with van der Waals surface area (Å²) < 4.78 is 4.46. The van der Waals surface area contributed by atoms with E-state index in [2.05, 4.69) is 17.0 Å². The molecule has 0 atom stereocenters. The van der Waals surface area contributed by atoms with Crippen LogP contribution in [0.5, 0.6) is 0 Å². The first-order valence-electron chi connectivity index (χ1n) is 5.31. The van der Waals surface area contributed by atoms with E-state index in [0.717, 1.165) is 0 Å². The molecule has 0 rings (SSSR count). The van der Waals surface area contributed by atoms with Crippen LogP contribution in [0.3, 0.4) is 0 Å². The highest BCUT2D eigenvalue weighted by molar-refractivity contribution is 6.00. The Kier molecular flexibility index (Phi) is 5.56. The predicted molar refractivity (Wildman–Crippen MR) is 65.6 cm³/mol. The maximum atomic E-state index is 11.4. The van der Waals surface area contributed by atoms with E-state index in [9.17, 15) is 14.7 Å². The Morgan fingerprint density at radius 2 is 1.78 bits per heavy atom. The fourth-order valence-corrected chi connectivity index (χ4v) is 0.721. The van der Waals surface area contributed by atoms with Gasteiger partial charge in [0, 0.05) is 5.57 Å². The zero-order valence-corrected chi connectivity index (χ0v) is 11.0. The quantitative estimate of drug-likeness (QED) is 0.262. The first-order chi connectivity index (χ1) is 8.11. The second-order valence-electron chi connectivity index (χ2n) is 4.60. The molecule has 2 N–H and O–H groups in total. The first-order valence-corrected chi connectivity index (χ1v) is 5.31. The van der Waals surface area contributed by atoms with Crippen LogP contribution in [0.2, 0.25) is 0 Å². The molecule has 0 aliphatic rings. The van der Waals surface area contributed by atoms with Crippen LogP contribution in [0.25, 0.3) is 0 Å². The van der Waals surface area contributed by atoms with Gasteiger partial charge in [-0.2, -0.15) is 0 Å². The van der Waals surface area contributed by atoms with E-state index in [0.29, 0.717) is 0 Å². The van der Waals surface area contributed by atoms with Gasteiger partial charge in [-0.1, -0.05) is 12.3 Å². The molecule has 100 valence electrons. The van der Waals surface area contributed by atoms with Crippen molar-refractivity contribution in [1.29, 1.82) is 0 Å². The van der Waals surface area contributed by atoms with Gasteiger partial charge >= 0.3 is 11.9 Å². The summed E-state index contributed by atoms with van der Waals surface area (Å²) in [6.07, 6.45) is 0. The molecule has 0 heterocycles. The number of rotatable bonds is 4. The van der Waals surface area contributed by atoms with Crippen molar-refractivity contribution in [2.45, 2.75) is 27.7 Å². The van der Waals surface area contributed by atoms with Crippen LogP contribution in [-0.4, -0.2) is 28.8 Å². The van der Waals surface area contributed by atoms with Gasteiger partial charge in [-0.15, -0.1) is 0 Å². The van der Waals surface area contributed by atoms with E-state index >= 15 is 0 Å². The van der Waals surface area contributed by atoms with Crippen LogP contribution in [0, 0.1) is 5.41 Å². The molecule has 5 heteroatoms. The number of aliphatic hydroxyl groups is 2. The highest BCUT2D eigenvalue weighted by atomic mass is 16.6. The fraction of sp³-hybridized carbons (Fsp3) is 0.462. The van der Waals surface area contributed by atoms with Gasteiger partial charge in [-0.05, 0) is 27.7 Å². The third kappa shape index (κ3) is 4.57. The molecule has 0 aliphatic heterocycles. The third-order valence-electron chi connectivity index (χ3n) is 2.18. The van der Waals surface area contributed by atoms with Crippen molar-refractivity contribution in [1.82, 2.24) is 0 Å². The molecule has 0 bridgehead atoms. The van der Waals surface area contributed by atoms with Gasteiger partial charge in [-0.25, -0.2) is 9.59 Å². The van der Waals surface area contributed by atoms with Gasteiger partial charge in [-0.3, -0.25) is 0 Å². The topological polar surface area (TPSA) is 83.8 Å². The summed E-state index contributed by atoms with van der Waals surface area (Å²) in [7, 11) is 0. The van der Waals surface area contributed by atoms with Crippen LogP contribution in [0.4, 0.5) is 0 Å². The second kappa shape index (κ2) is 6.19. The minimum Gasteiger partial charge on any atom is -0.504 e. The van der Waals surface area contributed by atoms with E-state index in [-0.39, 0.29) is 23.5 Å². The lowest BCUT2D eigenvalue weighted by atomic mass is 9.92. The van der Waals surface area contributed by atoms with Crippen molar-refractivity contribution in [3.8, 4) is 0 Å². The summed E-state index contributed by atoms with van der Waals surface area (Å²) in [5.74, 6) is -2.03. The number of ether oxygens (including phenoxy) is 1. The first kappa shape index (κ1) is 16.2. The third-order valence-corrected chi connectivity index (χ3v) is 2.18. The molecule has 5 nitrogen and oxygen atoms in total. The number of carbonyl (C=O) groups excluding carboxylic acids is 2. The molecular weight excluding hydrogens is 236 g/mol. The van der Waals surface area contributed by atoms with Crippen molar-refractivity contribution >= 4 is 11.9 Å². The number of aliphatic hydroxyl groups excluding tert-OH is 2. The molecule has 0 aliphatic carbocycles. The molecule has 0 unspecified atom stereocenters. The highest BCUT2D eigenvalue weighted by Crippen LogP contribution is 2.22. The number of esters is 2. The van der Waals surface area contributed by atoms with Crippen molar-refractivity contribution in [2.75, 3.05) is 6.61 Å². The SMILES string of the molecule is C=C(C)C(=O)OC(=O)C(C)=C=C(O)C(C)(C)CO. The lowest BCUT2D eigenvalue weighted by molar-refractivity contribution is -0.153. The van der Waals surface area contributed by atoms with Gasteiger partial charge < -0.3 is 14.9 Å². The van der Waals surface area contributed by atoms with E-state index < -0.39 is 17.4 Å². The van der Waals surface area contributed by atoms with Crippen LogP contribution in [-0.2, 0) is 14.3 Å². The molecule has 0 aromatic rings. The van der Waals surface area contributed by atoms with E-state index in [4.69, 9.17) is 5.11 Å². The average Bonchev–Trinajstić information content (AvgIpc) is 2.28. The highest BCUT2D eigenvalue weighted by Gasteiger charge is 2.22. The average molecular weight is 254 g/mol. The predicted octanol–water partition coefficient (Wildman–Crippen LogP) is 1.64. The summed E-state index contributed by atoms with van der Waals surface area (Å²) in [4.78, 5) is 22.5. The smallest absolute Gasteiger partial charge is 0.349 e. The second-order valence-corrected chi connectivity index (χ2v) is 4.60. The van der Waals surface area contributed by atoms with E-state index in [1.54, 1.807) is 13.8 Å². The Hall–Kier alpha value is -1.84. The molecule has 0 fully saturated rings. The molecule has 0 saturated heterocycles. The Morgan fingerprint density at radius 3 is 2.17 bits per heavy atom. The van der Waals surface area contributed by atoms with Gasteiger partial charge in [0.15, 0.2) is 0 Å². The monoisotopic (exact) mass is 254 g/mol. The lowest BCUT2D eigenvalue weighted by Gasteiger charge is -2.18. The summed E-state index contributed by atoms with van der Waals surface area (Å²) in [6.45, 7) is 8.94. The summed E-state index contributed by atoms with van der Waals surface area (Å²) in [6, 6.07) is 0. The van der Waals surface area contributed by atoms with Crippen molar-refractivity contribution in [2.24, 2.45) is 5.41 Å². The van der Waals surface area contributed by atoms with Crippen LogP contribution in [0.1, 0.15) is 27.7 Å². The molecule has 0 radical (unpaired) electrons. The molecule has 0 aromatic carbocycles. The van der Waals surface area contributed by atoms with E-state index in [1.165, 1.54) is 13.8 Å². The van der Waals surface area contributed by atoms with Gasteiger partial charge in [0.25, 0.3) is 0 Å². The summed E-state index contributed by atoms with van der Waals surface area (Å²) >= 11 is 0. The minimum atomic E-state index is -0.917. The molecule has 0 aromatic heterocycles. The van der Waals surface area contributed by atoms with E-state index in [1.807, 2.05) is 0 Å². The Labute approximate surface area is 106 Å². The fourth-order valence-electron chi connectivity index (χ4n) is 0.721. The largest absolute Gasteiger partial charge is 0.504 e. The van der Waals surface area contributed by atoms with Gasteiger partial charge in [0.05, 0.1) is 17.6 Å². The lowest BCUT2D eigenvalue weighted by Crippen LogP contribution is -2.19. The normalized spacial score (nSPS) is 10.3. The zero-order valence-electron chi connectivity index (χ0n) is 11.0. The van der Waals surface area contributed by atoms with Gasteiger partial charge in [0.1, 0.15) is 5.76 Å². The summed E-state index contributed by atoms with van der Waals surface area (Å²) in [5.41, 5.74) is 1.50. The number of carbonyl (C=O) groups is 2. The minimum absolute atomic E-state index is 0.0661. The maximum Gasteiger partial charge on any atom is 0.349 e. The molecule has 18 heavy (non-hydrogen) atoms. The van der Waals surface area contributed by atoms with Crippen molar-refractivity contribution in [3.63, 3.8) is 0 Å². The zero-order chi connectivity index (χ0) is 14.5. The summed E-state index contributed by atoms with van der Waals surface area (Å²) in [5, 5.41) is 18.7.